The lowest BCUT2D eigenvalue weighted by atomic mass is 10.0. The minimum Gasteiger partial charge on any atom is -0.354 e. The summed E-state index contributed by atoms with van der Waals surface area (Å²) < 4.78 is 26.9. The zero-order valence-electron chi connectivity index (χ0n) is 16.9. The molecular formula is C22H25F2N3O3. The number of rotatable bonds is 9. The Morgan fingerprint density at radius 2 is 1.63 bits per heavy atom. The summed E-state index contributed by atoms with van der Waals surface area (Å²) in [4.78, 5) is 36.6. The fraction of sp³-hybridized carbons (Fsp3) is 0.318. The SMILES string of the molecule is CC(C)C(NC(=O)c1ccccc1F)C(=O)NCCNC(=O)Cc1cccc(F)c1. The molecule has 3 amide bonds. The molecule has 0 aliphatic heterocycles. The summed E-state index contributed by atoms with van der Waals surface area (Å²) in [6.07, 6.45) is 0.0268. The summed E-state index contributed by atoms with van der Waals surface area (Å²) in [5.41, 5.74) is 0.410. The van der Waals surface area contributed by atoms with Crippen molar-refractivity contribution in [2.45, 2.75) is 26.3 Å². The number of benzene rings is 2. The van der Waals surface area contributed by atoms with Crippen molar-refractivity contribution in [3.05, 3.63) is 71.3 Å². The van der Waals surface area contributed by atoms with Gasteiger partial charge in [-0.2, -0.15) is 0 Å². The lowest BCUT2D eigenvalue weighted by Gasteiger charge is -2.22. The number of amides is 3. The first kappa shape index (κ1) is 23.0. The molecule has 2 aromatic rings. The van der Waals surface area contributed by atoms with Crippen LogP contribution in [-0.2, 0) is 16.0 Å². The average molecular weight is 417 g/mol. The van der Waals surface area contributed by atoms with E-state index in [0.717, 1.165) is 0 Å². The van der Waals surface area contributed by atoms with E-state index in [4.69, 9.17) is 0 Å². The Kier molecular flexibility index (Phi) is 8.46. The summed E-state index contributed by atoms with van der Waals surface area (Å²) in [5, 5.41) is 7.82. The molecule has 8 heteroatoms. The normalized spacial score (nSPS) is 11.6. The van der Waals surface area contributed by atoms with E-state index in [1.165, 1.54) is 42.5 Å². The molecule has 1 unspecified atom stereocenters. The van der Waals surface area contributed by atoms with Gasteiger partial charge in [-0.1, -0.05) is 38.1 Å². The number of hydrogen-bond donors (Lipinski definition) is 3. The molecule has 160 valence electrons. The van der Waals surface area contributed by atoms with E-state index in [-0.39, 0.29) is 36.9 Å². The highest BCUT2D eigenvalue weighted by Gasteiger charge is 2.25. The molecule has 0 saturated heterocycles. The van der Waals surface area contributed by atoms with Crippen LogP contribution in [0.1, 0.15) is 29.8 Å². The number of carbonyl (C=O) groups is 3. The molecule has 0 aromatic heterocycles. The Balaban J connectivity index is 1.80. The van der Waals surface area contributed by atoms with Crippen LogP contribution in [0.5, 0.6) is 0 Å². The van der Waals surface area contributed by atoms with E-state index < -0.39 is 29.5 Å². The number of carbonyl (C=O) groups excluding carboxylic acids is 3. The topological polar surface area (TPSA) is 87.3 Å². The van der Waals surface area contributed by atoms with Gasteiger partial charge < -0.3 is 16.0 Å². The summed E-state index contributed by atoms with van der Waals surface area (Å²) in [6, 6.07) is 10.4. The predicted octanol–water partition coefficient (Wildman–Crippen LogP) is 2.19. The van der Waals surface area contributed by atoms with E-state index in [9.17, 15) is 23.2 Å². The second kappa shape index (κ2) is 11.0. The van der Waals surface area contributed by atoms with Crippen LogP contribution in [-0.4, -0.2) is 36.9 Å². The summed E-state index contributed by atoms with van der Waals surface area (Å²) in [6.45, 7) is 3.83. The van der Waals surface area contributed by atoms with E-state index in [0.29, 0.717) is 5.56 Å². The average Bonchev–Trinajstić information content (AvgIpc) is 2.69. The third-order valence-corrected chi connectivity index (χ3v) is 4.35. The molecule has 0 radical (unpaired) electrons. The molecule has 2 rings (SSSR count). The van der Waals surface area contributed by atoms with Crippen LogP contribution in [0.4, 0.5) is 8.78 Å². The quantitative estimate of drug-likeness (QED) is 0.547. The molecule has 0 aliphatic rings. The first-order valence-electron chi connectivity index (χ1n) is 9.62. The van der Waals surface area contributed by atoms with Gasteiger partial charge in [0.2, 0.25) is 11.8 Å². The first-order valence-corrected chi connectivity index (χ1v) is 9.62. The van der Waals surface area contributed by atoms with Gasteiger partial charge in [-0.15, -0.1) is 0 Å². The molecular weight excluding hydrogens is 392 g/mol. The Labute approximate surface area is 174 Å². The van der Waals surface area contributed by atoms with Gasteiger partial charge in [0.1, 0.15) is 17.7 Å². The van der Waals surface area contributed by atoms with Crippen LogP contribution in [0.2, 0.25) is 0 Å². The van der Waals surface area contributed by atoms with Crippen LogP contribution in [0.25, 0.3) is 0 Å². The smallest absolute Gasteiger partial charge is 0.254 e. The molecule has 0 saturated carbocycles. The van der Waals surface area contributed by atoms with Crippen LogP contribution >= 0.6 is 0 Å². The first-order chi connectivity index (χ1) is 14.3. The molecule has 30 heavy (non-hydrogen) atoms. The maximum Gasteiger partial charge on any atom is 0.254 e. The van der Waals surface area contributed by atoms with Crippen molar-refractivity contribution in [1.82, 2.24) is 16.0 Å². The maximum atomic E-state index is 13.8. The Morgan fingerprint density at radius 3 is 2.30 bits per heavy atom. The second-order valence-electron chi connectivity index (χ2n) is 7.12. The predicted molar refractivity (Wildman–Crippen MR) is 109 cm³/mol. The van der Waals surface area contributed by atoms with Crippen LogP contribution in [0.15, 0.2) is 48.5 Å². The highest BCUT2D eigenvalue weighted by Crippen LogP contribution is 2.09. The van der Waals surface area contributed by atoms with E-state index in [1.54, 1.807) is 19.9 Å². The molecule has 1 atom stereocenters. The van der Waals surface area contributed by atoms with Crippen molar-refractivity contribution in [1.29, 1.82) is 0 Å². The van der Waals surface area contributed by atoms with Crippen molar-refractivity contribution < 1.29 is 23.2 Å². The summed E-state index contributed by atoms with van der Waals surface area (Å²) in [7, 11) is 0. The van der Waals surface area contributed by atoms with Gasteiger partial charge in [0.15, 0.2) is 0 Å². The van der Waals surface area contributed by atoms with Gasteiger partial charge in [0, 0.05) is 13.1 Å². The van der Waals surface area contributed by atoms with Gasteiger partial charge in [0.05, 0.1) is 12.0 Å². The van der Waals surface area contributed by atoms with Crippen molar-refractivity contribution in [2.75, 3.05) is 13.1 Å². The molecule has 3 N–H and O–H groups in total. The van der Waals surface area contributed by atoms with E-state index >= 15 is 0 Å². The Morgan fingerprint density at radius 1 is 0.933 bits per heavy atom. The van der Waals surface area contributed by atoms with Crippen LogP contribution in [0, 0.1) is 17.6 Å². The third kappa shape index (κ3) is 6.95. The van der Waals surface area contributed by atoms with Crippen molar-refractivity contribution in [2.24, 2.45) is 5.92 Å². The molecule has 0 heterocycles. The molecule has 6 nitrogen and oxygen atoms in total. The van der Waals surface area contributed by atoms with Crippen LogP contribution < -0.4 is 16.0 Å². The Bertz CT molecular complexity index is 903. The van der Waals surface area contributed by atoms with Gasteiger partial charge in [0.25, 0.3) is 5.91 Å². The molecule has 0 aliphatic carbocycles. The monoisotopic (exact) mass is 417 g/mol. The van der Waals surface area contributed by atoms with Gasteiger partial charge in [-0.05, 0) is 35.7 Å². The lowest BCUT2D eigenvalue weighted by Crippen LogP contribution is -2.51. The zero-order chi connectivity index (χ0) is 22.1. The zero-order valence-corrected chi connectivity index (χ0v) is 16.9. The van der Waals surface area contributed by atoms with Crippen molar-refractivity contribution in [3.63, 3.8) is 0 Å². The van der Waals surface area contributed by atoms with E-state index in [1.807, 2.05) is 0 Å². The molecule has 0 spiro atoms. The number of hydrogen-bond acceptors (Lipinski definition) is 3. The second-order valence-corrected chi connectivity index (χ2v) is 7.12. The fourth-order valence-corrected chi connectivity index (χ4v) is 2.79. The highest BCUT2D eigenvalue weighted by molar-refractivity contribution is 5.97. The molecule has 2 aromatic carbocycles. The van der Waals surface area contributed by atoms with Gasteiger partial charge in [-0.25, -0.2) is 8.78 Å². The Hall–Kier alpha value is -3.29. The maximum absolute atomic E-state index is 13.8. The number of halogens is 2. The van der Waals surface area contributed by atoms with Crippen LogP contribution in [0.3, 0.4) is 0 Å². The molecule has 0 fully saturated rings. The molecule has 0 bridgehead atoms. The minimum absolute atomic E-state index is 0.0268. The largest absolute Gasteiger partial charge is 0.354 e. The van der Waals surface area contributed by atoms with Crippen molar-refractivity contribution in [3.8, 4) is 0 Å². The fourth-order valence-electron chi connectivity index (χ4n) is 2.79. The third-order valence-electron chi connectivity index (χ3n) is 4.35. The standard InChI is InChI=1S/C22H25F2N3O3/c1-14(2)20(27-21(29)17-8-3-4-9-18(17)24)22(30)26-11-10-25-19(28)13-15-6-5-7-16(23)12-15/h3-9,12,14,20H,10-11,13H2,1-2H3,(H,25,28)(H,26,30)(H,27,29). The van der Waals surface area contributed by atoms with Gasteiger partial charge >= 0.3 is 0 Å². The number of nitrogens with one attached hydrogen (secondary N) is 3. The highest BCUT2D eigenvalue weighted by atomic mass is 19.1. The van der Waals surface area contributed by atoms with Crippen molar-refractivity contribution >= 4 is 17.7 Å². The summed E-state index contributed by atoms with van der Waals surface area (Å²) >= 11 is 0. The van der Waals surface area contributed by atoms with E-state index in [2.05, 4.69) is 16.0 Å². The minimum atomic E-state index is -0.861. The van der Waals surface area contributed by atoms with Gasteiger partial charge in [-0.3, -0.25) is 14.4 Å². The lowest BCUT2D eigenvalue weighted by molar-refractivity contribution is -0.124. The summed E-state index contributed by atoms with van der Waals surface area (Å²) in [5.74, 6) is -2.73.